The number of nitrogens with zero attached hydrogens (tertiary/aromatic N) is 4. The Balaban J connectivity index is 1.53. The van der Waals surface area contributed by atoms with Gasteiger partial charge in [0.25, 0.3) is 5.91 Å². The van der Waals surface area contributed by atoms with Gasteiger partial charge in [-0.1, -0.05) is 29.3 Å². The third kappa shape index (κ3) is 3.54. The summed E-state index contributed by atoms with van der Waals surface area (Å²) in [5.74, 6) is -0.184. The first-order valence-corrected chi connectivity index (χ1v) is 8.96. The van der Waals surface area contributed by atoms with Gasteiger partial charge in [0.2, 0.25) is 0 Å². The van der Waals surface area contributed by atoms with Crippen molar-refractivity contribution < 1.29 is 4.79 Å². The molecular weight excluding hydrogens is 385 g/mol. The molecule has 0 saturated carbocycles. The summed E-state index contributed by atoms with van der Waals surface area (Å²) < 4.78 is 1.92. The van der Waals surface area contributed by atoms with E-state index in [1.807, 2.05) is 35.0 Å². The van der Waals surface area contributed by atoms with Crippen LogP contribution in [0.1, 0.15) is 16.2 Å². The Morgan fingerprint density at radius 1 is 1.22 bits per heavy atom. The Bertz CT molecular complexity index is 1100. The van der Waals surface area contributed by atoms with Crippen LogP contribution in [0.25, 0.3) is 16.9 Å². The highest BCUT2D eigenvalue weighted by Crippen LogP contribution is 2.29. The molecule has 0 radical (unpaired) electrons. The number of pyridine rings is 1. The minimum atomic E-state index is -0.184. The lowest BCUT2D eigenvalue weighted by Gasteiger charge is -2.14. The molecule has 0 bridgehead atoms. The van der Waals surface area contributed by atoms with Crippen molar-refractivity contribution in [3.8, 4) is 11.3 Å². The summed E-state index contributed by atoms with van der Waals surface area (Å²) in [5, 5.41) is 8.01. The average molecular weight is 400 g/mol. The van der Waals surface area contributed by atoms with Crippen LogP contribution in [0.3, 0.4) is 0 Å². The standard InChI is InChI=1S/C19H15Cl2N5O/c1-25(10-13-11-26-7-3-2-4-18(26)22-13)19(27)17-9-16(23-24-17)14-6-5-12(20)8-15(14)21/h2-9,11H,10H2,1H3,(H,23,24). The van der Waals surface area contributed by atoms with Gasteiger partial charge in [0.15, 0.2) is 0 Å². The lowest BCUT2D eigenvalue weighted by atomic mass is 10.1. The van der Waals surface area contributed by atoms with E-state index in [2.05, 4.69) is 15.2 Å². The van der Waals surface area contributed by atoms with Gasteiger partial charge >= 0.3 is 0 Å². The lowest BCUT2D eigenvalue weighted by Crippen LogP contribution is -2.26. The second kappa shape index (κ2) is 7.06. The molecule has 8 heteroatoms. The maximum atomic E-state index is 12.7. The zero-order valence-electron chi connectivity index (χ0n) is 14.4. The Labute approximate surface area is 165 Å². The van der Waals surface area contributed by atoms with Crippen LogP contribution in [0.5, 0.6) is 0 Å². The number of halogens is 2. The fourth-order valence-corrected chi connectivity index (χ4v) is 3.36. The molecule has 4 aromatic rings. The van der Waals surface area contributed by atoms with E-state index >= 15 is 0 Å². The molecule has 1 N–H and O–H groups in total. The first-order valence-electron chi connectivity index (χ1n) is 8.20. The second-order valence-corrected chi connectivity index (χ2v) is 6.99. The van der Waals surface area contributed by atoms with Crippen LogP contribution in [0.2, 0.25) is 10.0 Å². The number of imidazole rings is 1. The number of nitrogens with one attached hydrogen (secondary N) is 1. The summed E-state index contributed by atoms with van der Waals surface area (Å²) in [4.78, 5) is 18.8. The zero-order chi connectivity index (χ0) is 19.0. The van der Waals surface area contributed by atoms with Crippen molar-refractivity contribution in [3.05, 3.63) is 76.3 Å². The highest BCUT2D eigenvalue weighted by atomic mass is 35.5. The summed E-state index contributed by atoms with van der Waals surface area (Å²) in [6.07, 6.45) is 3.83. The van der Waals surface area contributed by atoms with Crippen LogP contribution in [-0.2, 0) is 6.54 Å². The van der Waals surface area contributed by atoms with Gasteiger partial charge in [0.1, 0.15) is 11.3 Å². The maximum Gasteiger partial charge on any atom is 0.271 e. The number of hydrogen-bond donors (Lipinski definition) is 1. The average Bonchev–Trinajstić information content (AvgIpc) is 3.27. The first kappa shape index (κ1) is 17.6. The summed E-state index contributed by atoms with van der Waals surface area (Å²) >= 11 is 12.1. The Kier molecular flexibility index (Phi) is 4.59. The van der Waals surface area contributed by atoms with Gasteiger partial charge in [-0.25, -0.2) is 4.98 Å². The molecule has 3 heterocycles. The van der Waals surface area contributed by atoms with E-state index in [1.54, 1.807) is 36.2 Å². The minimum absolute atomic E-state index is 0.184. The SMILES string of the molecule is CN(Cc1cn2ccccc2n1)C(=O)c1cc(-c2ccc(Cl)cc2Cl)n[nH]1. The zero-order valence-corrected chi connectivity index (χ0v) is 15.9. The van der Waals surface area contributed by atoms with Crippen molar-refractivity contribution >= 4 is 34.8 Å². The molecule has 0 saturated heterocycles. The number of carbonyl (C=O) groups excluding carboxylic acids is 1. The molecule has 0 aliphatic rings. The molecule has 0 aliphatic carbocycles. The van der Waals surface area contributed by atoms with E-state index in [4.69, 9.17) is 23.2 Å². The van der Waals surface area contributed by atoms with Gasteiger partial charge in [-0.2, -0.15) is 5.10 Å². The predicted molar refractivity (Wildman–Crippen MR) is 105 cm³/mol. The van der Waals surface area contributed by atoms with Crippen LogP contribution in [0, 0.1) is 0 Å². The van der Waals surface area contributed by atoms with Gasteiger partial charge in [-0.15, -0.1) is 0 Å². The van der Waals surface area contributed by atoms with E-state index in [1.165, 1.54) is 0 Å². The maximum absolute atomic E-state index is 12.7. The molecule has 0 spiro atoms. The third-order valence-corrected chi connectivity index (χ3v) is 4.72. The summed E-state index contributed by atoms with van der Waals surface area (Å²) in [7, 11) is 1.72. The van der Waals surface area contributed by atoms with Gasteiger partial charge in [0.05, 0.1) is 23.0 Å². The van der Waals surface area contributed by atoms with Crippen molar-refractivity contribution in [2.75, 3.05) is 7.05 Å². The number of aromatic nitrogens is 4. The van der Waals surface area contributed by atoms with E-state index in [-0.39, 0.29) is 5.91 Å². The number of rotatable bonds is 4. The molecule has 3 aromatic heterocycles. The van der Waals surface area contributed by atoms with Crippen LogP contribution >= 0.6 is 23.2 Å². The number of amides is 1. The normalized spacial score (nSPS) is 11.1. The van der Waals surface area contributed by atoms with Crippen molar-refractivity contribution in [2.45, 2.75) is 6.54 Å². The largest absolute Gasteiger partial charge is 0.334 e. The number of aromatic amines is 1. The van der Waals surface area contributed by atoms with Crippen molar-refractivity contribution in [1.29, 1.82) is 0 Å². The first-order chi connectivity index (χ1) is 13.0. The van der Waals surface area contributed by atoms with Crippen LogP contribution in [0.15, 0.2) is 54.9 Å². The molecular formula is C19H15Cl2N5O. The van der Waals surface area contributed by atoms with Crippen molar-refractivity contribution in [1.82, 2.24) is 24.5 Å². The van der Waals surface area contributed by atoms with Gasteiger partial charge in [-0.3, -0.25) is 9.89 Å². The van der Waals surface area contributed by atoms with E-state index < -0.39 is 0 Å². The summed E-state index contributed by atoms with van der Waals surface area (Å²) in [6, 6.07) is 12.6. The fraction of sp³-hybridized carbons (Fsp3) is 0.105. The van der Waals surface area contributed by atoms with Crippen molar-refractivity contribution in [3.63, 3.8) is 0 Å². The fourth-order valence-electron chi connectivity index (χ4n) is 2.85. The topological polar surface area (TPSA) is 66.3 Å². The van der Waals surface area contributed by atoms with Crippen LogP contribution < -0.4 is 0 Å². The molecule has 0 aliphatic heterocycles. The quantitative estimate of drug-likeness (QED) is 0.556. The number of fused-ring (bicyclic) bond motifs is 1. The number of H-pyrrole nitrogens is 1. The molecule has 4 rings (SSSR count). The molecule has 27 heavy (non-hydrogen) atoms. The molecule has 0 atom stereocenters. The van der Waals surface area contributed by atoms with Gasteiger partial charge in [0, 0.05) is 30.0 Å². The summed E-state index contributed by atoms with van der Waals surface area (Å²) in [5.41, 5.74) is 3.31. The Morgan fingerprint density at radius 2 is 2.07 bits per heavy atom. The third-order valence-electron chi connectivity index (χ3n) is 4.18. The number of hydrogen-bond acceptors (Lipinski definition) is 3. The van der Waals surface area contributed by atoms with Crippen LogP contribution in [-0.4, -0.2) is 37.4 Å². The highest BCUT2D eigenvalue weighted by Gasteiger charge is 2.17. The second-order valence-electron chi connectivity index (χ2n) is 6.15. The van der Waals surface area contributed by atoms with Crippen LogP contribution in [0.4, 0.5) is 0 Å². The minimum Gasteiger partial charge on any atom is -0.334 e. The number of benzene rings is 1. The lowest BCUT2D eigenvalue weighted by molar-refractivity contribution is 0.0778. The van der Waals surface area contributed by atoms with E-state index in [0.717, 1.165) is 11.3 Å². The Morgan fingerprint density at radius 3 is 2.85 bits per heavy atom. The molecule has 0 fully saturated rings. The smallest absolute Gasteiger partial charge is 0.271 e. The summed E-state index contributed by atoms with van der Waals surface area (Å²) in [6.45, 7) is 0.385. The molecule has 0 unspecified atom stereocenters. The molecule has 1 amide bonds. The van der Waals surface area contributed by atoms with Gasteiger partial charge in [-0.05, 0) is 36.4 Å². The van der Waals surface area contributed by atoms with Gasteiger partial charge < -0.3 is 9.30 Å². The van der Waals surface area contributed by atoms with Crippen molar-refractivity contribution in [2.24, 2.45) is 0 Å². The number of carbonyl (C=O) groups is 1. The highest BCUT2D eigenvalue weighted by molar-refractivity contribution is 6.36. The molecule has 1 aromatic carbocycles. The Hall–Kier alpha value is -2.83. The molecule has 6 nitrogen and oxygen atoms in total. The molecule has 136 valence electrons. The van der Waals surface area contributed by atoms with E-state index in [0.29, 0.717) is 33.5 Å². The monoisotopic (exact) mass is 399 g/mol. The van der Waals surface area contributed by atoms with E-state index in [9.17, 15) is 4.79 Å². The predicted octanol–water partition coefficient (Wildman–Crippen LogP) is 4.30.